The third kappa shape index (κ3) is 2.52. The van der Waals surface area contributed by atoms with Crippen LogP contribution in [0.5, 0.6) is 5.75 Å². The summed E-state index contributed by atoms with van der Waals surface area (Å²) in [5, 5.41) is 0. The van der Waals surface area contributed by atoms with E-state index >= 15 is 0 Å². The smallest absolute Gasteiger partial charge is 0.163 e. The molecule has 0 unspecified atom stereocenters. The largest absolute Gasteiger partial charge is 0.497 e. The molecule has 0 radical (unpaired) electrons. The summed E-state index contributed by atoms with van der Waals surface area (Å²) >= 11 is 0. The highest BCUT2D eigenvalue weighted by atomic mass is 16.8. The number of hydrogen-bond acceptors (Lipinski definition) is 5. The minimum atomic E-state index is -0.513. The molecule has 1 aliphatic carbocycles. The molecule has 5 atom stereocenters. The lowest BCUT2D eigenvalue weighted by Crippen LogP contribution is -2.32. The molecule has 5 nitrogen and oxygen atoms in total. The second-order valence-corrected chi connectivity index (χ2v) is 6.66. The van der Waals surface area contributed by atoms with E-state index in [0.29, 0.717) is 13.2 Å². The lowest BCUT2D eigenvalue weighted by atomic mass is 10.1. The summed E-state index contributed by atoms with van der Waals surface area (Å²) in [5.74, 6) is 0.603. The summed E-state index contributed by atoms with van der Waals surface area (Å²) < 4.78 is 28.7. The van der Waals surface area contributed by atoms with Gasteiger partial charge in [0.1, 0.15) is 18.0 Å². The Kier molecular flexibility index (Phi) is 3.42. The van der Waals surface area contributed by atoms with Crippen molar-refractivity contribution in [3.63, 3.8) is 0 Å². The first-order valence-corrected chi connectivity index (χ1v) is 7.79. The number of fused-ring (bicyclic) bond motifs is 3. The van der Waals surface area contributed by atoms with Crippen molar-refractivity contribution in [1.29, 1.82) is 0 Å². The Labute approximate surface area is 130 Å². The van der Waals surface area contributed by atoms with Crippen LogP contribution >= 0.6 is 0 Å². The third-order valence-electron chi connectivity index (χ3n) is 4.63. The first-order chi connectivity index (χ1) is 10.6. The maximum absolute atomic E-state index is 6.02. The van der Waals surface area contributed by atoms with Crippen molar-refractivity contribution in [3.8, 4) is 5.75 Å². The Morgan fingerprint density at radius 1 is 1.00 bits per heavy atom. The zero-order valence-electron chi connectivity index (χ0n) is 13.2. The zero-order chi connectivity index (χ0) is 15.3. The maximum Gasteiger partial charge on any atom is 0.163 e. The van der Waals surface area contributed by atoms with Crippen molar-refractivity contribution in [2.24, 2.45) is 5.92 Å². The lowest BCUT2D eigenvalue weighted by molar-refractivity contribution is -0.156. The third-order valence-corrected chi connectivity index (χ3v) is 4.63. The molecule has 1 saturated carbocycles. The van der Waals surface area contributed by atoms with E-state index < -0.39 is 5.79 Å². The van der Waals surface area contributed by atoms with Gasteiger partial charge in [0.05, 0.1) is 32.5 Å². The van der Waals surface area contributed by atoms with E-state index in [9.17, 15) is 0 Å². The Balaban J connectivity index is 1.32. The van der Waals surface area contributed by atoms with Crippen molar-refractivity contribution in [1.82, 2.24) is 0 Å². The van der Waals surface area contributed by atoms with Gasteiger partial charge in [-0.2, -0.15) is 0 Å². The minimum Gasteiger partial charge on any atom is -0.497 e. The van der Waals surface area contributed by atoms with Crippen LogP contribution in [0.15, 0.2) is 24.3 Å². The molecule has 22 heavy (non-hydrogen) atoms. The molecule has 0 N–H and O–H groups in total. The van der Waals surface area contributed by atoms with E-state index in [-0.39, 0.29) is 30.3 Å². The maximum atomic E-state index is 6.02. The van der Waals surface area contributed by atoms with Gasteiger partial charge in [0.2, 0.25) is 0 Å². The van der Waals surface area contributed by atoms with Gasteiger partial charge in [0.15, 0.2) is 5.79 Å². The van der Waals surface area contributed by atoms with E-state index in [1.165, 1.54) is 0 Å². The molecule has 0 amide bonds. The average molecular weight is 306 g/mol. The van der Waals surface area contributed by atoms with Crippen molar-refractivity contribution >= 4 is 0 Å². The highest BCUT2D eigenvalue weighted by Gasteiger charge is 2.67. The summed E-state index contributed by atoms with van der Waals surface area (Å²) in [6.45, 7) is 5.13. The lowest BCUT2D eigenvalue weighted by Gasteiger charge is -2.22. The van der Waals surface area contributed by atoms with E-state index in [1.54, 1.807) is 7.11 Å². The van der Waals surface area contributed by atoms with Gasteiger partial charge in [-0.05, 0) is 31.5 Å². The molecule has 1 aromatic rings. The molecular weight excluding hydrogens is 284 g/mol. The van der Waals surface area contributed by atoms with Crippen LogP contribution in [0.2, 0.25) is 0 Å². The standard InChI is InChI=1S/C17H22O5/c1-17(2)21-14-12(13-15(20-13)16(14)22-17)9-19-8-10-4-6-11(18-3)7-5-10/h4-7,12-16H,8-9H2,1-3H3/t12-,13-,14+,15-,16+/m0/s1. The van der Waals surface area contributed by atoms with Gasteiger partial charge >= 0.3 is 0 Å². The minimum absolute atomic E-state index is 0.0644. The highest BCUT2D eigenvalue weighted by molar-refractivity contribution is 5.26. The van der Waals surface area contributed by atoms with Crippen LogP contribution in [0.1, 0.15) is 19.4 Å². The molecule has 0 bridgehead atoms. The van der Waals surface area contributed by atoms with Gasteiger partial charge in [0.25, 0.3) is 0 Å². The molecule has 2 heterocycles. The van der Waals surface area contributed by atoms with Crippen LogP contribution in [0, 0.1) is 5.92 Å². The van der Waals surface area contributed by atoms with Crippen LogP contribution in [-0.4, -0.2) is 43.9 Å². The van der Waals surface area contributed by atoms with Crippen LogP contribution < -0.4 is 4.74 Å². The Morgan fingerprint density at radius 2 is 1.73 bits per heavy atom. The Hall–Kier alpha value is -1.14. The second kappa shape index (κ2) is 5.20. The fourth-order valence-electron chi connectivity index (χ4n) is 3.56. The monoisotopic (exact) mass is 306 g/mol. The number of hydrogen-bond donors (Lipinski definition) is 0. The van der Waals surface area contributed by atoms with Crippen LogP contribution in [-0.2, 0) is 25.6 Å². The van der Waals surface area contributed by atoms with Crippen LogP contribution in [0.3, 0.4) is 0 Å². The molecule has 3 aliphatic rings. The fourth-order valence-corrected chi connectivity index (χ4v) is 3.56. The van der Waals surface area contributed by atoms with Gasteiger partial charge < -0.3 is 23.7 Å². The molecule has 2 saturated heterocycles. The molecular formula is C17H22O5. The van der Waals surface area contributed by atoms with Gasteiger partial charge in [-0.25, -0.2) is 0 Å². The van der Waals surface area contributed by atoms with Gasteiger partial charge in [0, 0.05) is 5.92 Å². The summed E-state index contributed by atoms with van der Waals surface area (Å²) in [6, 6.07) is 7.93. The fraction of sp³-hybridized carbons (Fsp3) is 0.647. The summed E-state index contributed by atoms with van der Waals surface area (Å²) in [7, 11) is 1.67. The first kappa shape index (κ1) is 14.5. The zero-order valence-corrected chi connectivity index (χ0v) is 13.2. The van der Waals surface area contributed by atoms with E-state index in [4.69, 9.17) is 23.7 Å². The first-order valence-electron chi connectivity index (χ1n) is 7.79. The van der Waals surface area contributed by atoms with E-state index in [0.717, 1.165) is 11.3 Å². The molecule has 1 aromatic carbocycles. The molecule has 4 rings (SSSR count). The molecule has 3 fully saturated rings. The normalized spacial score (nSPS) is 37.7. The predicted octanol–water partition coefficient (Wildman–Crippen LogP) is 2.13. The quantitative estimate of drug-likeness (QED) is 0.780. The SMILES string of the molecule is COc1ccc(COC[C@@H]2[C@H]3OC(C)(C)O[C@H]3[C@H]3O[C@@H]23)cc1. The number of epoxide rings is 1. The molecule has 5 heteroatoms. The predicted molar refractivity (Wildman–Crippen MR) is 78.6 cm³/mol. The number of benzene rings is 1. The Bertz CT molecular complexity index is 540. The second-order valence-electron chi connectivity index (χ2n) is 6.66. The van der Waals surface area contributed by atoms with Crippen molar-refractivity contribution in [2.75, 3.05) is 13.7 Å². The van der Waals surface area contributed by atoms with Crippen molar-refractivity contribution in [2.45, 2.75) is 50.7 Å². The van der Waals surface area contributed by atoms with Crippen LogP contribution in [0.25, 0.3) is 0 Å². The number of ether oxygens (including phenoxy) is 5. The van der Waals surface area contributed by atoms with Crippen molar-refractivity contribution < 1.29 is 23.7 Å². The summed E-state index contributed by atoms with van der Waals surface area (Å²) in [6.07, 6.45) is 0.590. The van der Waals surface area contributed by atoms with Crippen LogP contribution in [0.4, 0.5) is 0 Å². The average Bonchev–Trinajstić information content (AvgIpc) is 3.14. The molecule has 120 valence electrons. The summed E-state index contributed by atoms with van der Waals surface area (Å²) in [4.78, 5) is 0. The topological polar surface area (TPSA) is 49.5 Å². The van der Waals surface area contributed by atoms with Gasteiger partial charge in [-0.3, -0.25) is 0 Å². The van der Waals surface area contributed by atoms with E-state index in [1.807, 2.05) is 38.1 Å². The van der Waals surface area contributed by atoms with Crippen molar-refractivity contribution in [3.05, 3.63) is 29.8 Å². The molecule has 0 spiro atoms. The number of methoxy groups -OCH3 is 1. The number of rotatable bonds is 5. The van der Waals surface area contributed by atoms with E-state index in [2.05, 4.69) is 0 Å². The molecule has 2 aliphatic heterocycles. The molecule has 0 aromatic heterocycles. The van der Waals surface area contributed by atoms with Gasteiger partial charge in [-0.15, -0.1) is 0 Å². The van der Waals surface area contributed by atoms with Gasteiger partial charge in [-0.1, -0.05) is 12.1 Å². The highest BCUT2D eigenvalue weighted by Crippen LogP contribution is 2.51. The Morgan fingerprint density at radius 3 is 2.45 bits per heavy atom. The summed E-state index contributed by atoms with van der Waals surface area (Å²) in [5.41, 5.74) is 1.13.